The summed E-state index contributed by atoms with van der Waals surface area (Å²) in [5.74, 6) is 0.612. The van der Waals surface area contributed by atoms with Crippen molar-refractivity contribution in [3.05, 3.63) is 68.7 Å². The Morgan fingerprint density at radius 2 is 2.08 bits per heavy atom. The van der Waals surface area contributed by atoms with Crippen LogP contribution in [0.25, 0.3) is 0 Å². The summed E-state index contributed by atoms with van der Waals surface area (Å²) in [6.07, 6.45) is 1.56. The molecule has 0 spiro atoms. The summed E-state index contributed by atoms with van der Waals surface area (Å²) in [5.41, 5.74) is 1.45. The predicted octanol–water partition coefficient (Wildman–Crippen LogP) is 4.59. The van der Waals surface area contributed by atoms with Crippen LogP contribution in [0.4, 0.5) is 5.69 Å². The lowest BCUT2D eigenvalue weighted by molar-refractivity contribution is -0.384. The van der Waals surface area contributed by atoms with Crippen LogP contribution in [0, 0.1) is 10.1 Å². The number of nitro groups is 1. The lowest BCUT2D eigenvalue weighted by Gasteiger charge is -2.11. The first-order valence-electron chi connectivity index (χ1n) is 7.30. The third kappa shape index (κ3) is 5.24. The van der Waals surface area contributed by atoms with E-state index in [-0.39, 0.29) is 18.4 Å². The van der Waals surface area contributed by atoms with Crippen LogP contribution in [-0.2, 0) is 11.4 Å². The van der Waals surface area contributed by atoms with Gasteiger partial charge in [0.1, 0.15) is 12.4 Å². The van der Waals surface area contributed by atoms with Crippen molar-refractivity contribution in [1.29, 1.82) is 0 Å². The Balaban J connectivity index is 1.93. The Morgan fingerprint density at radius 3 is 2.75 bits per heavy atom. The molecule has 2 rings (SSSR count). The van der Waals surface area contributed by atoms with Crippen molar-refractivity contribution in [3.63, 3.8) is 0 Å². The first-order chi connectivity index (χ1) is 11.5. The van der Waals surface area contributed by atoms with E-state index in [9.17, 15) is 10.1 Å². The minimum absolute atomic E-state index is 0.0209. The highest BCUT2D eigenvalue weighted by Gasteiger charge is 2.06. The largest absolute Gasteiger partial charge is 0.489 e. The van der Waals surface area contributed by atoms with Crippen LogP contribution in [0.5, 0.6) is 5.75 Å². The number of nitrogens with zero attached hydrogens (tertiary/aromatic N) is 2. The van der Waals surface area contributed by atoms with Crippen LogP contribution < -0.4 is 4.74 Å². The summed E-state index contributed by atoms with van der Waals surface area (Å²) >= 11 is 6.14. The lowest BCUT2D eigenvalue weighted by Crippen LogP contribution is -2.05. The quantitative estimate of drug-likeness (QED) is 0.417. The van der Waals surface area contributed by atoms with Gasteiger partial charge in [0.25, 0.3) is 5.69 Å². The highest BCUT2D eigenvalue weighted by Crippen LogP contribution is 2.25. The summed E-state index contributed by atoms with van der Waals surface area (Å²) in [6.45, 7) is 3.99. The Hall–Kier alpha value is -2.60. The number of benzene rings is 2. The number of rotatable bonds is 7. The van der Waals surface area contributed by atoms with Gasteiger partial charge in [0.05, 0.1) is 22.3 Å². The molecule has 0 saturated carbocycles. The first kappa shape index (κ1) is 17.7. The van der Waals surface area contributed by atoms with Crippen molar-refractivity contribution in [2.75, 3.05) is 0 Å². The van der Waals surface area contributed by atoms with E-state index in [1.165, 1.54) is 18.3 Å². The molecule has 0 atom stereocenters. The third-order valence-corrected chi connectivity index (χ3v) is 3.24. The standard InChI is InChI=1S/C17H17ClN2O4/c1-12(2)24-17-7-6-13(9-16(17)18)10-19-23-11-14-4-3-5-15(8-14)20(21)22/h3-10,12H,11H2,1-2H3/b19-10-. The van der Waals surface area contributed by atoms with E-state index in [0.717, 1.165) is 5.56 Å². The average molecular weight is 349 g/mol. The van der Waals surface area contributed by atoms with Gasteiger partial charge >= 0.3 is 0 Å². The van der Waals surface area contributed by atoms with E-state index in [1.54, 1.807) is 24.3 Å². The normalized spacial score (nSPS) is 11.0. The van der Waals surface area contributed by atoms with Crippen molar-refractivity contribution >= 4 is 23.5 Å². The second kappa shape index (κ2) is 8.31. The smallest absolute Gasteiger partial charge is 0.269 e. The lowest BCUT2D eigenvalue weighted by atomic mass is 10.2. The zero-order valence-electron chi connectivity index (χ0n) is 13.3. The molecule has 0 bridgehead atoms. The molecule has 0 N–H and O–H groups in total. The van der Waals surface area contributed by atoms with Crippen molar-refractivity contribution < 1.29 is 14.5 Å². The summed E-state index contributed by atoms with van der Waals surface area (Å²) in [4.78, 5) is 15.4. The Bertz CT molecular complexity index is 747. The molecular weight excluding hydrogens is 332 g/mol. The molecule has 0 aliphatic carbocycles. The molecule has 0 fully saturated rings. The summed E-state index contributed by atoms with van der Waals surface area (Å²) in [5, 5.41) is 15.0. The molecule has 7 heteroatoms. The van der Waals surface area contributed by atoms with E-state index in [2.05, 4.69) is 5.16 Å². The van der Waals surface area contributed by atoms with Crippen LogP contribution >= 0.6 is 11.6 Å². The minimum Gasteiger partial charge on any atom is -0.489 e. The molecule has 2 aromatic carbocycles. The van der Waals surface area contributed by atoms with Crippen molar-refractivity contribution in [2.45, 2.75) is 26.6 Å². The third-order valence-electron chi connectivity index (χ3n) is 2.95. The molecular formula is C17H17ClN2O4. The number of hydrogen-bond acceptors (Lipinski definition) is 5. The van der Waals surface area contributed by atoms with Crippen LogP contribution in [0.15, 0.2) is 47.6 Å². The Morgan fingerprint density at radius 1 is 1.29 bits per heavy atom. The predicted molar refractivity (Wildman–Crippen MR) is 92.7 cm³/mol. The van der Waals surface area contributed by atoms with Gasteiger partial charge in [-0.05, 0) is 43.2 Å². The second-order valence-electron chi connectivity index (χ2n) is 5.29. The van der Waals surface area contributed by atoms with Crippen LogP contribution in [-0.4, -0.2) is 17.2 Å². The van der Waals surface area contributed by atoms with Crippen LogP contribution in [0.2, 0.25) is 5.02 Å². The molecule has 0 aromatic heterocycles. The first-order valence-corrected chi connectivity index (χ1v) is 7.68. The number of nitro benzene ring substituents is 1. The molecule has 0 aliphatic heterocycles. The van der Waals surface area contributed by atoms with Gasteiger partial charge in [-0.25, -0.2) is 0 Å². The van der Waals surface area contributed by atoms with Gasteiger partial charge < -0.3 is 9.57 Å². The molecule has 0 amide bonds. The second-order valence-corrected chi connectivity index (χ2v) is 5.70. The minimum atomic E-state index is -0.449. The van der Waals surface area contributed by atoms with Gasteiger partial charge in [0, 0.05) is 12.1 Å². The fourth-order valence-electron chi connectivity index (χ4n) is 1.92. The number of oxime groups is 1. The topological polar surface area (TPSA) is 74.0 Å². The Kier molecular flexibility index (Phi) is 6.14. The van der Waals surface area contributed by atoms with E-state index in [0.29, 0.717) is 16.3 Å². The van der Waals surface area contributed by atoms with E-state index in [1.807, 2.05) is 19.9 Å². The number of non-ortho nitro benzene ring substituents is 1. The fourth-order valence-corrected chi connectivity index (χ4v) is 2.15. The van der Waals surface area contributed by atoms with Crippen molar-refractivity contribution in [2.24, 2.45) is 5.16 Å². The summed E-state index contributed by atoms with van der Waals surface area (Å²) < 4.78 is 5.55. The molecule has 0 saturated heterocycles. The number of ether oxygens (including phenoxy) is 1. The molecule has 0 radical (unpaired) electrons. The molecule has 24 heavy (non-hydrogen) atoms. The van der Waals surface area contributed by atoms with Crippen molar-refractivity contribution in [1.82, 2.24) is 0 Å². The molecule has 6 nitrogen and oxygen atoms in total. The molecule has 0 unspecified atom stereocenters. The van der Waals surface area contributed by atoms with Gasteiger partial charge in [-0.1, -0.05) is 28.9 Å². The van der Waals surface area contributed by atoms with E-state index in [4.69, 9.17) is 21.2 Å². The molecule has 0 heterocycles. The molecule has 0 aliphatic rings. The summed E-state index contributed by atoms with van der Waals surface area (Å²) in [6, 6.07) is 11.5. The Labute approximate surface area is 144 Å². The fraction of sp³-hybridized carbons (Fsp3) is 0.235. The van der Waals surface area contributed by atoms with Gasteiger partial charge in [-0.3, -0.25) is 10.1 Å². The highest BCUT2D eigenvalue weighted by atomic mass is 35.5. The molecule has 126 valence electrons. The highest BCUT2D eigenvalue weighted by molar-refractivity contribution is 6.32. The number of hydrogen-bond donors (Lipinski definition) is 0. The van der Waals surface area contributed by atoms with Gasteiger partial charge in [0.2, 0.25) is 0 Å². The van der Waals surface area contributed by atoms with E-state index >= 15 is 0 Å². The zero-order valence-corrected chi connectivity index (χ0v) is 14.1. The SMILES string of the molecule is CC(C)Oc1ccc(/C=N\OCc2cccc([N+](=O)[O-])c2)cc1Cl. The van der Waals surface area contributed by atoms with Gasteiger partial charge in [-0.15, -0.1) is 0 Å². The molecule has 2 aromatic rings. The average Bonchev–Trinajstić information content (AvgIpc) is 2.54. The maximum Gasteiger partial charge on any atom is 0.269 e. The maximum absolute atomic E-state index is 10.7. The van der Waals surface area contributed by atoms with E-state index < -0.39 is 4.92 Å². The van der Waals surface area contributed by atoms with Gasteiger partial charge in [0.15, 0.2) is 0 Å². The maximum atomic E-state index is 10.7. The van der Waals surface area contributed by atoms with Crippen LogP contribution in [0.1, 0.15) is 25.0 Å². The summed E-state index contributed by atoms with van der Waals surface area (Å²) in [7, 11) is 0. The monoisotopic (exact) mass is 348 g/mol. The zero-order chi connectivity index (χ0) is 17.5. The van der Waals surface area contributed by atoms with Crippen molar-refractivity contribution in [3.8, 4) is 5.75 Å². The van der Waals surface area contributed by atoms with Gasteiger partial charge in [-0.2, -0.15) is 0 Å². The van der Waals surface area contributed by atoms with Crippen LogP contribution in [0.3, 0.4) is 0 Å². The number of halogens is 1.